The minimum atomic E-state index is -0.976. The topological polar surface area (TPSA) is 94.9 Å². The Hall–Kier alpha value is -3.85. The fraction of sp³-hybridized carbons (Fsp3) is 0.276. The van der Waals surface area contributed by atoms with E-state index < -0.39 is 5.97 Å². The molecule has 5 rings (SSSR count). The molecule has 3 aromatic rings. The first-order chi connectivity index (χ1) is 18.2. The van der Waals surface area contributed by atoms with E-state index >= 15 is 0 Å². The molecular formula is C29H29BrN4O4. The number of hydrogen-bond donors (Lipinski definition) is 2. The van der Waals surface area contributed by atoms with Gasteiger partial charge in [0.25, 0.3) is 0 Å². The number of aromatic nitrogens is 1. The van der Waals surface area contributed by atoms with E-state index in [-0.39, 0.29) is 36.4 Å². The van der Waals surface area contributed by atoms with Crippen molar-refractivity contribution >= 4 is 44.6 Å². The summed E-state index contributed by atoms with van der Waals surface area (Å²) in [6, 6.07) is 11.0. The average Bonchev–Trinajstić information content (AvgIpc) is 3.20. The van der Waals surface area contributed by atoms with Crippen molar-refractivity contribution in [1.82, 2.24) is 19.7 Å². The Morgan fingerprint density at radius 1 is 1.11 bits per heavy atom. The number of allylic oxidation sites excluding steroid dienone is 1. The molecule has 1 saturated heterocycles. The molecular weight excluding hydrogens is 548 g/mol. The van der Waals surface area contributed by atoms with Gasteiger partial charge in [0.15, 0.2) is 0 Å². The van der Waals surface area contributed by atoms with Gasteiger partial charge in [0.1, 0.15) is 6.54 Å². The molecule has 2 aliphatic heterocycles. The number of carboxylic acid groups (broad SMARTS) is 1. The summed E-state index contributed by atoms with van der Waals surface area (Å²) in [6.07, 6.45) is 4.48. The molecule has 0 aliphatic carbocycles. The van der Waals surface area contributed by atoms with Crippen molar-refractivity contribution in [1.29, 1.82) is 0 Å². The van der Waals surface area contributed by atoms with Gasteiger partial charge in [0, 0.05) is 53.4 Å². The number of benzene rings is 2. The fourth-order valence-corrected chi connectivity index (χ4v) is 5.52. The highest BCUT2D eigenvalue weighted by Gasteiger charge is 2.28. The monoisotopic (exact) mass is 576 g/mol. The Kier molecular flexibility index (Phi) is 7.12. The summed E-state index contributed by atoms with van der Waals surface area (Å²) in [5, 5.41) is 13.3. The van der Waals surface area contributed by atoms with Crippen LogP contribution < -0.4 is 5.32 Å². The average molecular weight is 577 g/mol. The summed E-state index contributed by atoms with van der Waals surface area (Å²) in [6.45, 7) is 10.2. The van der Waals surface area contributed by atoms with Crippen molar-refractivity contribution in [3.63, 3.8) is 0 Å². The van der Waals surface area contributed by atoms with E-state index in [4.69, 9.17) is 0 Å². The molecule has 1 aromatic heterocycles. The van der Waals surface area contributed by atoms with E-state index in [1.54, 1.807) is 23.1 Å². The number of hydrogen-bond acceptors (Lipinski definition) is 4. The predicted octanol–water partition coefficient (Wildman–Crippen LogP) is 3.73. The zero-order chi connectivity index (χ0) is 27.0. The van der Waals surface area contributed by atoms with Crippen molar-refractivity contribution < 1.29 is 19.5 Å². The zero-order valence-corrected chi connectivity index (χ0v) is 22.5. The number of amides is 2. The minimum absolute atomic E-state index is 0.0307. The SMILES string of the molecule is C=CC(=C)N1CC(NC(=O)Cn2cc(CC(=O)N3CCc4ccc(C(=O)O)cc4C3)c3cc(Br)ccc32)C1. The van der Waals surface area contributed by atoms with E-state index in [0.29, 0.717) is 32.6 Å². The highest BCUT2D eigenvalue weighted by Crippen LogP contribution is 2.27. The van der Waals surface area contributed by atoms with Gasteiger partial charge in [-0.3, -0.25) is 9.59 Å². The third-order valence-electron chi connectivity index (χ3n) is 7.29. The molecule has 196 valence electrons. The number of nitrogens with zero attached hydrogens (tertiary/aromatic N) is 3. The molecule has 2 N–H and O–H groups in total. The molecule has 0 radical (unpaired) electrons. The van der Waals surface area contributed by atoms with Crippen molar-refractivity contribution in [3.8, 4) is 0 Å². The van der Waals surface area contributed by atoms with Crippen molar-refractivity contribution in [2.45, 2.75) is 32.0 Å². The second kappa shape index (κ2) is 10.5. The predicted molar refractivity (Wildman–Crippen MR) is 149 cm³/mol. The van der Waals surface area contributed by atoms with E-state index in [9.17, 15) is 19.5 Å². The van der Waals surface area contributed by atoms with Gasteiger partial charge in [-0.25, -0.2) is 4.79 Å². The first-order valence-corrected chi connectivity index (χ1v) is 13.3. The number of carbonyl (C=O) groups is 3. The highest BCUT2D eigenvalue weighted by molar-refractivity contribution is 9.10. The zero-order valence-electron chi connectivity index (χ0n) is 21.0. The van der Waals surface area contributed by atoms with E-state index in [0.717, 1.165) is 37.8 Å². The van der Waals surface area contributed by atoms with Crippen LogP contribution in [0, 0.1) is 0 Å². The standard InChI is InChI=1S/C29H29BrN4O4/c1-3-18(2)33-15-24(16-33)31-27(35)17-34-14-22(25-12-23(30)6-7-26(25)34)11-28(36)32-9-8-19-4-5-20(29(37)38)10-21(19)13-32/h3-7,10,12,14,24H,1-2,8-9,11,13,15-17H2,(H,31,35)(H,37,38). The van der Waals surface area contributed by atoms with E-state index in [1.807, 2.05) is 35.0 Å². The molecule has 0 bridgehead atoms. The van der Waals surface area contributed by atoms with Crippen LogP contribution in [0.3, 0.4) is 0 Å². The van der Waals surface area contributed by atoms with Crippen LogP contribution in [-0.2, 0) is 35.5 Å². The lowest BCUT2D eigenvalue weighted by atomic mass is 9.97. The number of aromatic carboxylic acids is 1. The molecule has 8 nitrogen and oxygen atoms in total. The van der Waals surface area contributed by atoms with Gasteiger partial charge in [0.05, 0.1) is 18.0 Å². The van der Waals surface area contributed by atoms with Crippen LogP contribution in [0.4, 0.5) is 0 Å². The molecule has 0 spiro atoms. The molecule has 3 heterocycles. The van der Waals surface area contributed by atoms with Crippen LogP contribution in [0.2, 0.25) is 0 Å². The van der Waals surface area contributed by atoms with Gasteiger partial charge in [-0.2, -0.15) is 0 Å². The number of likely N-dealkylation sites (tertiary alicyclic amines) is 1. The van der Waals surface area contributed by atoms with Gasteiger partial charge < -0.3 is 24.8 Å². The molecule has 9 heteroatoms. The number of halogens is 1. The Morgan fingerprint density at radius 3 is 2.63 bits per heavy atom. The maximum atomic E-state index is 13.3. The van der Waals surface area contributed by atoms with Crippen molar-refractivity contribution in [2.24, 2.45) is 0 Å². The van der Waals surface area contributed by atoms with E-state index in [1.165, 1.54) is 0 Å². The Morgan fingerprint density at radius 2 is 1.89 bits per heavy atom. The quantitative estimate of drug-likeness (QED) is 0.398. The van der Waals surface area contributed by atoms with Gasteiger partial charge in [-0.05, 0) is 59.5 Å². The summed E-state index contributed by atoms with van der Waals surface area (Å²) in [5.41, 5.74) is 4.76. The number of nitrogens with one attached hydrogen (secondary N) is 1. The first kappa shape index (κ1) is 25.8. The number of carboxylic acids is 1. The third kappa shape index (κ3) is 5.24. The summed E-state index contributed by atoms with van der Waals surface area (Å²) < 4.78 is 2.79. The Balaban J connectivity index is 1.29. The van der Waals surface area contributed by atoms with Gasteiger partial charge in [0.2, 0.25) is 11.8 Å². The fourth-order valence-electron chi connectivity index (χ4n) is 5.15. The number of carbonyl (C=O) groups excluding carboxylic acids is 2. The number of fused-ring (bicyclic) bond motifs is 2. The smallest absolute Gasteiger partial charge is 0.335 e. The molecule has 1 fully saturated rings. The maximum absolute atomic E-state index is 13.3. The summed E-state index contributed by atoms with van der Waals surface area (Å²) >= 11 is 3.53. The van der Waals surface area contributed by atoms with Crippen molar-refractivity contribution in [2.75, 3.05) is 19.6 Å². The van der Waals surface area contributed by atoms with Crippen LogP contribution in [0.25, 0.3) is 10.9 Å². The largest absolute Gasteiger partial charge is 0.478 e. The minimum Gasteiger partial charge on any atom is -0.478 e. The first-order valence-electron chi connectivity index (χ1n) is 12.5. The second-order valence-corrected chi connectivity index (χ2v) is 10.8. The lowest BCUT2D eigenvalue weighted by Crippen LogP contribution is -2.58. The van der Waals surface area contributed by atoms with Crippen LogP contribution in [0.5, 0.6) is 0 Å². The summed E-state index contributed by atoms with van der Waals surface area (Å²) in [7, 11) is 0. The second-order valence-electron chi connectivity index (χ2n) is 9.84. The molecule has 0 unspecified atom stereocenters. The van der Waals surface area contributed by atoms with Crippen LogP contribution in [0.1, 0.15) is 27.0 Å². The maximum Gasteiger partial charge on any atom is 0.335 e. The van der Waals surface area contributed by atoms with Crippen molar-refractivity contribution in [3.05, 3.63) is 94.3 Å². The van der Waals surface area contributed by atoms with Crippen LogP contribution >= 0.6 is 15.9 Å². The van der Waals surface area contributed by atoms with Crippen LogP contribution in [-0.4, -0.2) is 62.9 Å². The summed E-state index contributed by atoms with van der Waals surface area (Å²) in [4.78, 5) is 41.4. The van der Waals surface area contributed by atoms with E-state index in [2.05, 4.69) is 39.3 Å². The van der Waals surface area contributed by atoms with Gasteiger partial charge in [-0.1, -0.05) is 35.2 Å². The van der Waals surface area contributed by atoms with Crippen LogP contribution in [0.15, 0.2) is 72.0 Å². The normalized spacial score (nSPS) is 15.1. The molecule has 38 heavy (non-hydrogen) atoms. The lowest BCUT2D eigenvalue weighted by Gasteiger charge is -2.41. The molecule has 2 amide bonds. The molecule has 2 aromatic carbocycles. The lowest BCUT2D eigenvalue weighted by molar-refractivity contribution is -0.131. The molecule has 0 saturated carbocycles. The van der Waals surface area contributed by atoms with Gasteiger partial charge in [-0.15, -0.1) is 0 Å². The Labute approximate surface area is 229 Å². The third-order valence-corrected chi connectivity index (χ3v) is 7.78. The Bertz CT molecular complexity index is 1470. The molecule has 2 aliphatic rings. The molecule has 0 atom stereocenters. The van der Waals surface area contributed by atoms with Gasteiger partial charge >= 0.3 is 5.97 Å². The summed E-state index contributed by atoms with van der Waals surface area (Å²) in [5.74, 6) is -1.09. The number of rotatable bonds is 8. The highest BCUT2D eigenvalue weighted by atomic mass is 79.9.